The van der Waals surface area contributed by atoms with E-state index in [4.69, 9.17) is 27.9 Å². The third-order valence-corrected chi connectivity index (χ3v) is 8.87. The highest BCUT2D eigenvalue weighted by atomic mass is 35.5. The number of ether oxygens (including phenoxy) is 1. The molecule has 1 aliphatic heterocycles. The van der Waals surface area contributed by atoms with Gasteiger partial charge >= 0.3 is 5.97 Å². The Hall–Kier alpha value is -3.13. The summed E-state index contributed by atoms with van der Waals surface area (Å²) in [5.74, 6) is -1.95. The van der Waals surface area contributed by atoms with E-state index in [1.54, 1.807) is 12.1 Å². The Balaban J connectivity index is 1.16. The van der Waals surface area contributed by atoms with Gasteiger partial charge in [0.1, 0.15) is 17.6 Å². The molecule has 2 N–H and O–H groups in total. The van der Waals surface area contributed by atoms with Gasteiger partial charge in [0.15, 0.2) is 0 Å². The van der Waals surface area contributed by atoms with Crippen LogP contribution in [0.5, 0.6) is 5.75 Å². The SMILES string of the molecule is CC1(COc2cc(F)c(C(=O)N[C@H](C(=O)O)C3CC3)cc2C2CC2)CN([C@@H](c2ccccc2)c2cc(Cl)cc(Cl)c2)C1. The van der Waals surface area contributed by atoms with E-state index in [0.29, 0.717) is 22.4 Å². The molecule has 6 nitrogen and oxygen atoms in total. The van der Waals surface area contributed by atoms with Crippen molar-refractivity contribution in [3.8, 4) is 5.75 Å². The van der Waals surface area contributed by atoms with Gasteiger partial charge < -0.3 is 15.2 Å². The summed E-state index contributed by atoms with van der Waals surface area (Å²) in [6.45, 7) is 4.02. The predicted octanol–water partition coefficient (Wildman–Crippen LogP) is 7.09. The van der Waals surface area contributed by atoms with Crippen LogP contribution in [0.3, 0.4) is 0 Å². The van der Waals surface area contributed by atoms with Crippen LogP contribution in [-0.2, 0) is 4.79 Å². The Labute approximate surface area is 254 Å². The quantitative estimate of drug-likeness (QED) is 0.242. The highest BCUT2D eigenvalue weighted by Gasteiger charge is 2.44. The van der Waals surface area contributed by atoms with Crippen LogP contribution in [0.1, 0.15) is 71.6 Å². The molecule has 2 atom stereocenters. The number of benzene rings is 3. The second-order valence-electron chi connectivity index (χ2n) is 12.3. The fraction of sp³-hybridized carbons (Fsp3) is 0.394. The molecule has 1 saturated heterocycles. The molecule has 0 spiro atoms. The van der Waals surface area contributed by atoms with Crippen LogP contribution >= 0.6 is 23.2 Å². The molecule has 0 unspecified atom stereocenters. The lowest BCUT2D eigenvalue weighted by atomic mass is 9.79. The number of likely N-dealkylation sites (tertiary alicyclic amines) is 1. The van der Waals surface area contributed by atoms with Gasteiger partial charge in [0, 0.05) is 34.6 Å². The van der Waals surface area contributed by atoms with Crippen molar-refractivity contribution in [1.82, 2.24) is 10.2 Å². The van der Waals surface area contributed by atoms with Crippen molar-refractivity contribution < 1.29 is 23.8 Å². The van der Waals surface area contributed by atoms with Gasteiger partial charge in [-0.3, -0.25) is 9.69 Å². The highest BCUT2D eigenvalue weighted by molar-refractivity contribution is 6.34. The minimum absolute atomic E-state index is 0.0296. The molecule has 2 aliphatic carbocycles. The van der Waals surface area contributed by atoms with E-state index in [1.165, 1.54) is 6.07 Å². The van der Waals surface area contributed by atoms with Gasteiger partial charge in [-0.05, 0) is 78.5 Å². The number of hydrogen-bond donors (Lipinski definition) is 2. The molecule has 0 bridgehead atoms. The zero-order valence-electron chi connectivity index (χ0n) is 23.3. The van der Waals surface area contributed by atoms with Gasteiger partial charge in [-0.25, -0.2) is 9.18 Å². The number of carbonyl (C=O) groups excluding carboxylic acids is 1. The van der Waals surface area contributed by atoms with Gasteiger partial charge in [-0.1, -0.05) is 60.5 Å². The fourth-order valence-corrected chi connectivity index (χ4v) is 6.60. The summed E-state index contributed by atoms with van der Waals surface area (Å²) in [6, 6.07) is 17.6. The van der Waals surface area contributed by atoms with E-state index < -0.39 is 23.7 Å². The first-order valence-corrected chi connectivity index (χ1v) is 15.1. The molecule has 3 aliphatic rings. The zero-order chi connectivity index (χ0) is 29.6. The zero-order valence-corrected chi connectivity index (χ0v) is 24.8. The summed E-state index contributed by atoms with van der Waals surface area (Å²) in [7, 11) is 0. The number of aliphatic carboxylic acids is 1. The van der Waals surface area contributed by atoms with E-state index >= 15 is 4.39 Å². The van der Waals surface area contributed by atoms with Crippen LogP contribution in [0.4, 0.5) is 4.39 Å². The van der Waals surface area contributed by atoms with Crippen LogP contribution in [0, 0.1) is 17.2 Å². The second kappa shape index (κ2) is 11.5. The van der Waals surface area contributed by atoms with Crippen molar-refractivity contribution in [3.63, 3.8) is 0 Å². The first kappa shape index (κ1) is 29.0. The minimum atomic E-state index is -1.09. The normalized spacial score (nSPS) is 19.4. The summed E-state index contributed by atoms with van der Waals surface area (Å²) >= 11 is 12.7. The van der Waals surface area contributed by atoms with Gasteiger partial charge in [-0.15, -0.1) is 0 Å². The monoisotopic (exact) mass is 610 g/mol. The minimum Gasteiger partial charge on any atom is -0.493 e. The highest BCUT2D eigenvalue weighted by Crippen LogP contribution is 2.46. The Morgan fingerprint density at radius 3 is 2.29 bits per heavy atom. The van der Waals surface area contributed by atoms with E-state index in [9.17, 15) is 14.7 Å². The van der Waals surface area contributed by atoms with E-state index in [1.807, 2.05) is 30.3 Å². The van der Waals surface area contributed by atoms with Gasteiger partial charge in [-0.2, -0.15) is 0 Å². The number of carboxylic acids is 1. The Bertz CT molecular complexity index is 1480. The topological polar surface area (TPSA) is 78.9 Å². The van der Waals surface area contributed by atoms with Gasteiger partial charge in [0.05, 0.1) is 18.2 Å². The summed E-state index contributed by atoms with van der Waals surface area (Å²) in [6.07, 6.45) is 3.37. The molecule has 3 aromatic rings. The Morgan fingerprint density at radius 2 is 1.69 bits per heavy atom. The van der Waals surface area contributed by atoms with Crippen LogP contribution < -0.4 is 10.1 Å². The van der Waals surface area contributed by atoms with Crippen molar-refractivity contribution in [1.29, 1.82) is 0 Å². The van der Waals surface area contributed by atoms with Gasteiger partial charge in [0.25, 0.3) is 5.91 Å². The van der Waals surface area contributed by atoms with E-state index in [0.717, 1.165) is 55.5 Å². The molecule has 9 heteroatoms. The molecule has 1 amide bonds. The third kappa shape index (κ3) is 6.29. The average Bonchev–Trinajstić information content (AvgIpc) is 3.84. The van der Waals surface area contributed by atoms with E-state index in [2.05, 4.69) is 29.3 Å². The lowest BCUT2D eigenvalue weighted by molar-refractivity contribution is -0.139. The third-order valence-electron chi connectivity index (χ3n) is 8.43. The number of nitrogens with zero attached hydrogens (tertiary/aromatic N) is 1. The molecule has 0 radical (unpaired) electrons. The molecule has 1 heterocycles. The summed E-state index contributed by atoms with van der Waals surface area (Å²) in [5, 5.41) is 13.2. The summed E-state index contributed by atoms with van der Waals surface area (Å²) in [5.41, 5.74) is 2.64. The summed E-state index contributed by atoms with van der Waals surface area (Å²) < 4.78 is 21.5. The van der Waals surface area contributed by atoms with Crippen molar-refractivity contribution >= 4 is 35.1 Å². The number of carboxylic acid groups (broad SMARTS) is 1. The van der Waals surface area contributed by atoms with Crippen molar-refractivity contribution in [2.24, 2.45) is 11.3 Å². The molecular formula is C33H33Cl2FN2O4. The number of rotatable bonds is 11. The van der Waals surface area contributed by atoms with Crippen molar-refractivity contribution in [2.45, 2.75) is 50.6 Å². The maximum atomic E-state index is 15.2. The van der Waals surface area contributed by atoms with Crippen LogP contribution in [0.15, 0.2) is 60.7 Å². The molecule has 220 valence electrons. The largest absolute Gasteiger partial charge is 0.493 e. The van der Waals surface area contributed by atoms with Crippen LogP contribution in [0.2, 0.25) is 10.0 Å². The number of hydrogen-bond acceptors (Lipinski definition) is 4. The van der Waals surface area contributed by atoms with Crippen molar-refractivity contribution in [3.05, 3.63) is 98.8 Å². The molecular weight excluding hydrogens is 578 g/mol. The molecule has 42 heavy (non-hydrogen) atoms. The maximum absolute atomic E-state index is 15.2. The number of amides is 1. The first-order valence-electron chi connectivity index (χ1n) is 14.4. The number of halogens is 3. The average molecular weight is 612 g/mol. The number of carbonyl (C=O) groups is 2. The van der Waals surface area contributed by atoms with Crippen LogP contribution in [0.25, 0.3) is 0 Å². The maximum Gasteiger partial charge on any atom is 0.326 e. The Kier molecular flexibility index (Phi) is 7.94. The van der Waals surface area contributed by atoms with Gasteiger partial charge in [0.2, 0.25) is 0 Å². The molecule has 0 aromatic heterocycles. The predicted molar refractivity (Wildman–Crippen MR) is 160 cm³/mol. The second-order valence-corrected chi connectivity index (χ2v) is 13.2. The lowest BCUT2D eigenvalue weighted by Gasteiger charge is -2.51. The standard InChI is InChI=1S/C33H33Cl2FN2O4/c1-33(16-38(17-33)30(21-5-3-2-4-6-21)22-11-23(34)13-24(35)12-22)18-42-28-15-27(36)26(14-25(28)19-7-8-19)31(39)37-29(32(40)41)20-9-10-20/h2-6,11-15,19-20,29-30H,7-10,16-18H2,1H3,(H,37,39)(H,40,41)/t29-,30-/m0/s1. The number of nitrogens with one attached hydrogen (secondary N) is 1. The first-order chi connectivity index (χ1) is 20.1. The summed E-state index contributed by atoms with van der Waals surface area (Å²) in [4.78, 5) is 26.8. The molecule has 6 rings (SSSR count). The lowest BCUT2D eigenvalue weighted by Crippen LogP contribution is -2.58. The molecule has 2 saturated carbocycles. The smallest absolute Gasteiger partial charge is 0.326 e. The Morgan fingerprint density at radius 1 is 1.02 bits per heavy atom. The van der Waals surface area contributed by atoms with E-state index in [-0.39, 0.29) is 28.9 Å². The molecule has 3 fully saturated rings. The van der Waals surface area contributed by atoms with Crippen LogP contribution in [-0.4, -0.2) is 47.6 Å². The van der Waals surface area contributed by atoms with Crippen molar-refractivity contribution in [2.75, 3.05) is 19.7 Å². The fourth-order valence-electron chi connectivity index (χ4n) is 6.06. The molecule has 3 aromatic carbocycles.